The van der Waals surface area contributed by atoms with Crippen molar-refractivity contribution >= 4 is 50.2 Å². The minimum absolute atomic E-state index is 0.00167. The maximum atomic E-state index is 3.75. The van der Waals surface area contributed by atoms with Gasteiger partial charge in [-0.2, -0.15) is 0 Å². The van der Waals surface area contributed by atoms with Crippen LogP contribution in [0.15, 0.2) is 121 Å². The van der Waals surface area contributed by atoms with Gasteiger partial charge in [-0.3, -0.25) is 4.90 Å². The molecule has 4 heteroatoms. The highest BCUT2D eigenvalue weighted by atomic mass is 15.5. The second-order valence-corrected chi connectivity index (χ2v) is 9.15. The molecule has 166 valence electrons. The van der Waals surface area contributed by atoms with Crippen molar-refractivity contribution in [2.45, 2.75) is 6.29 Å². The Labute approximate surface area is 203 Å². The average molecular weight is 451 g/mol. The van der Waals surface area contributed by atoms with Crippen LogP contribution in [-0.2, 0) is 0 Å². The van der Waals surface area contributed by atoms with E-state index in [1.54, 1.807) is 0 Å². The molecule has 2 aliphatic rings. The van der Waals surface area contributed by atoms with E-state index in [4.69, 9.17) is 0 Å². The number of nitrogens with zero attached hydrogens (tertiary/aromatic N) is 3. The Morgan fingerprint density at radius 3 is 1.91 bits per heavy atom. The molecule has 0 amide bonds. The Kier molecular flexibility index (Phi) is 3.69. The zero-order valence-corrected chi connectivity index (χ0v) is 19.0. The number of rotatable bonds is 2. The van der Waals surface area contributed by atoms with Gasteiger partial charge in [0.15, 0.2) is 6.29 Å². The molecule has 0 radical (unpaired) electrons. The Hall–Kier alpha value is -4.70. The normalized spacial score (nSPS) is 15.8. The summed E-state index contributed by atoms with van der Waals surface area (Å²) in [6.07, 6.45) is -0.00167. The lowest BCUT2D eigenvalue weighted by Crippen LogP contribution is -2.40. The summed E-state index contributed by atoms with van der Waals surface area (Å²) in [5.74, 6) is 0. The van der Waals surface area contributed by atoms with Gasteiger partial charge in [0.1, 0.15) is 0 Å². The van der Waals surface area contributed by atoms with Gasteiger partial charge in [0.2, 0.25) is 0 Å². The third-order valence-electron chi connectivity index (χ3n) is 7.29. The number of fused-ring (bicyclic) bond motifs is 8. The molecule has 4 nitrogen and oxygen atoms in total. The molecule has 6 aromatic rings. The molecule has 0 spiro atoms. The van der Waals surface area contributed by atoms with Crippen LogP contribution in [0, 0.1) is 0 Å². The van der Waals surface area contributed by atoms with E-state index in [9.17, 15) is 0 Å². The first-order chi connectivity index (χ1) is 17.4. The summed E-state index contributed by atoms with van der Waals surface area (Å²) >= 11 is 0. The van der Waals surface area contributed by atoms with Gasteiger partial charge in [-0.1, -0.05) is 66.7 Å². The third-order valence-corrected chi connectivity index (χ3v) is 7.29. The summed E-state index contributed by atoms with van der Waals surface area (Å²) in [6, 6.07) is 43.4. The van der Waals surface area contributed by atoms with Crippen molar-refractivity contribution in [3.05, 3.63) is 121 Å². The van der Waals surface area contributed by atoms with E-state index >= 15 is 0 Å². The Morgan fingerprint density at radius 1 is 0.486 bits per heavy atom. The molecule has 0 bridgehead atoms. The summed E-state index contributed by atoms with van der Waals surface area (Å²) in [7, 11) is 0. The first kappa shape index (κ1) is 18.7. The Balaban J connectivity index is 1.39. The lowest BCUT2D eigenvalue weighted by molar-refractivity contribution is 0.808. The fourth-order valence-electron chi connectivity index (χ4n) is 5.83. The molecule has 2 aliphatic heterocycles. The number of aromatic nitrogens is 1. The summed E-state index contributed by atoms with van der Waals surface area (Å²) < 4.78 is 2.39. The van der Waals surface area contributed by atoms with E-state index in [1.165, 1.54) is 50.2 Å². The third kappa shape index (κ3) is 2.51. The van der Waals surface area contributed by atoms with Gasteiger partial charge in [0.25, 0.3) is 0 Å². The van der Waals surface area contributed by atoms with Crippen LogP contribution >= 0.6 is 0 Å². The second kappa shape index (κ2) is 6.90. The molecule has 0 saturated carbocycles. The maximum Gasteiger partial charge on any atom is 0.187 e. The smallest absolute Gasteiger partial charge is 0.187 e. The Morgan fingerprint density at radius 2 is 1.14 bits per heavy atom. The zero-order valence-electron chi connectivity index (χ0n) is 19.0. The quantitative estimate of drug-likeness (QED) is 0.291. The SMILES string of the molecule is c1ccc(N2c3ccc(-n4c5ccccc5c5ccccc54)cc3N3c4ccccc4NC23)cc1. The highest BCUT2D eigenvalue weighted by Gasteiger charge is 2.43. The van der Waals surface area contributed by atoms with Gasteiger partial charge >= 0.3 is 0 Å². The molecule has 1 aromatic heterocycles. The number of hydrogen-bond donors (Lipinski definition) is 1. The van der Waals surface area contributed by atoms with Crippen molar-refractivity contribution in [1.29, 1.82) is 0 Å². The largest absolute Gasteiger partial charge is 0.346 e. The van der Waals surface area contributed by atoms with Crippen molar-refractivity contribution in [2.24, 2.45) is 0 Å². The van der Waals surface area contributed by atoms with E-state index in [-0.39, 0.29) is 6.29 Å². The van der Waals surface area contributed by atoms with Gasteiger partial charge < -0.3 is 14.8 Å². The fourth-order valence-corrected chi connectivity index (χ4v) is 5.83. The standard InChI is InChI=1S/C31H22N4/c1-2-10-21(11-3-1)34-29-19-18-22(20-30(29)35-28-17-9-6-14-25(28)32-31(34)35)33-26-15-7-4-12-23(26)24-13-5-8-16-27(24)33/h1-20,31-32H. The van der Waals surface area contributed by atoms with Crippen LogP contribution < -0.4 is 15.1 Å². The first-order valence-corrected chi connectivity index (χ1v) is 12.0. The molecule has 1 unspecified atom stereocenters. The molecule has 35 heavy (non-hydrogen) atoms. The van der Waals surface area contributed by atoms with E-state index in [0.717, 1.165) is 5.69 Å². The van der Waals surface area contributed by atoms with Crippen LogP contribution in [0.5, 0.6) is 0 Å². The molecular weight excluding hydrogens is 428 g/mol. The molecular formula is C31H22N4. The minimum atomic E-state index is -0.00167. The topological polar surface area (TPSA) is 23.4 Å². The number of hydrogen-bond acceptors (Lipinski definition) is 3. The second-order valence-electron chi connectivity index (χ2n) is 9.15. The predicted molar refractivity (Wildman–Crippen MR) is 145 cm³/mol. The minimum Gasteiger partial charge on any atom is -0.346 e. The number of nitrogens with one attached hydrogen (secondary N) is 1. The van der Waals surface area contributed by atoms with Crippen molar-refractivity contribution in [3.63, 3.8) is 0 Å². The van der Waals surface area contributed by atoms with Crippen molar-refractivity contribution < 1.29 is 0 Å². The molecule has 3 heterocycles. The van der Waals surface area contributed by atoms with Crippen LogP contribution in [0.1, 0.15) is 0 Å². The van der Waals surface area contributed by atoms with E-state index in [0.29, 0.717) is 0 Å². The molecule has 0 saturated heterocycles. The van der Waals surface area contributed by atoms with Gasteiger partial charge in [-0.15, -0.1) is 0 Å². The lowest BCUT2D eigenvalue weighted by atomic mass is 10.2. The van der Waals surface area contributed by atoms with E-state index in [2.05, 4.69) is 141 Å². The van der Waals surface area contributed by atoms with E-state index in [1.807, 2.05) is 0 Å². The van der Waals surface area contributed by atoms with Crippen molar-refractivity contribution in [2.75, 3.05) is 15.1 Å². The highest BCUT2D eigenvalue weighted by molar-refractivity contribution is 6.09. The van der Waals surface area contributed by atoms with Crippen LogP contribution in [0.2, 0.25) is 0 Å². The summed E-state index contributed by atoms with van der Waals surface area (Å²) in [5.41, 5.74) is 9.56. The van der Waals surface area contributed by atoms with Crippen LogP contribution in [0.25, 0.3) is 27.5 Å². The number of anilines is 5. The average Bonchev–Trinajstić information content (AvgIpc) is 3.55. The number of para-hydroxylation sites is 5. The molecule has 0 aliphatic carbocycles. The zero-order chi connectivity index (χ0) is 22.9. The van der Waals surface area contributed by atoms with Crippen LogP contribution in [0.4, 0.5) is 28.4 Å². The monoisotopic (exact) mass is 450 g/mol. The van der Waals surface area contributed by atoms with Crippen molar-refractivity contribution in [1.82, 2.24) is 4.57 Å². The fraction of sp³-hybridized carbons (Fsp3) is 0.0323. The summed E-state index contributed by atoms with van der Waals surface area (Å²) in [5, 5.41) is 6.31. The van der Waals surface area contributed by atoms with Crippen molar-refractivity contribution in [3.8, 4) is 5.69 Å². The maximum absolute atomic E-state index is 3.75. The van der Waals surface area contributed by atoms with Gasteiger partial charge in [-0.25, -0.2) is 0 Å². The number of benzene rings is 5. The molecule has 8 rings (SSSR count). The summed E-state index contributed by atoms with van der Waals surface area (Å²) in [4.78, 5) is 4.82. The van der Waals surface area contributed by atoms with Gasteiger partial charge in [0, 0.05) is 22.1 Å². The molecule has 5 aromatic carbocycles. The Bertz CT molecular complexity index is 1700. The van der Waals surface area contributed by atoms with Gasteiger partial charge in [0.05, 0.1) is 33.8 Å². The summed E-state index contributed by atoms with van der Waals surface area (Å²) in [6.45, 7) is 0. The van der Waals surface area contributed by atoms with E-state index < -0.39 is 0 Å². The predicted octanol–water partition coefficient (Wildman–Crippen LogP) is 7.78. The van der Waals surface area contributed by atoms with Gasteiger partial charge in [-0.05, 0) is 54.6 Å². The van der Waals surface area contributed by atoms with Crippen LogP contribution in [0.3, 0.4) is 0 Å². The molecule has 1 N–H and O–H groups in total. The highest BCUT2D eigenvalue weighted by Crippen LogP contribution is 2.53. The first-order valence-electron chi connectivity index (χ1n) is 12.0. The lowest BCUT2D eigenvalue weighted by Gasteiger charge is -2.27. The van der Waals surface area contributed by atoms with Crippen LogP contribution in [-0.4, -0.2) is 10.9 Å². The molecule has 1 atom stereocenters. The molecule has 0 fully saturated rings.